The lowest BCUT2D eigenvalue weighted by atomic mass is 9.92. The molecule has 0 amide bonds. The number of anilines is 1. The van der Waals surface area contributed by atoms with Crippen molar-refractivity contribution in [1.82, 2.24) is 14.9 Å². The van der Waals surface area contributed by atoms with E-state index in [2.05, 4.69) is 22.1 Å². The van der Waals surface area contributed by atoms with Crippen LogP contribution in [0.2, 0.25) is 0 Å². The Morgan fingerprint density at radius 3 is 2.80 bits per heavy atom. The zero-order valence-electron chi connectivity index (χ0n) is 13.0. The van der Waals surface area contributed by atoms with E-state index in [0.717, 1.165) is 19.5 Å². The largest absolute Gasteiger partial charge is 0.352 e. The molecule has 2 unspecified atom stereocenters. The van der Waals surface area contributed by atoms with Gasteiger partial charge in [0.25, 0.3) is 5.56 Å². The quantitative estimate of drug-likeness (QED) is 0.910. The van der Waals surface area contributed by atoms with Gasteiger partial charge in [0.1, 0.15) is 0 Å². The summed E-state index contributed by atoms with van der Waals surface area (Å²) >= 11 is 0. The Morgan fingerprint density at radius 2 is 2.15 bits per heavy atom. The van der Waals surface area contributed by atoms with E-state index >= 15 is 0 Å². The number of rotatable bonds is 4. The smallest absolute Gasteiger partial charge is 0.293 e. The Morgan fingerprint density at radius 1 is 1.40 bits per heavy atom. The summed E-state index contributed by atoms with van der Waals surface area (Å²) in [4.78, 5) is 19.0. The Kier molecular flexibility index (Phi) is 4.81. The first-order chi connectivity index (χ1) is 9.54. The molecule has 2 atom stereocenters. The van der Waals surface area contributed by atoms with Gasteiger partial charge in [-0.15, -0.1) is 0 Å². The second kappa shape index (κ2) is 6.39. The van der Waals surface area contributed by atoms with Gasteiger partial charge in [0.2, 0.25) is 0 Å². The van der Waals surface area contributed by atoms with E-state index in [1.54, 1.807) is 17.0 Å². The summed E-state index contributed by atoms with van der Waals surface area (Å²) in [6.45, 7) is 8.09. The summed E-state index contributed by atoms with van der Waals surface area (Å²) in [5.41, 5.74) is 0.0280. The average molecular weight is 278 g/mol. The first-order valence-electron chi connectivity index (χ1n) is 7.54. The first kappa shape index (κ1) is 15.0. The van der Waals surface area contributed by atoms with Gasteiger partial charge >= 0.3 is 0 Å². The van der Waals surface area contributed by atoms with Crippen molar-refractivity contribution in [2.24, 2.45) is 5.92 Å². The van der Waals surface area contributed by atoms with E-state index in [9.17, 15) is 4.79 Å². The van der Waals surface area contributed by atoms with E-state index in [0.29, 0.717) is 17.8 Å². The lowest BCUT2D eigenvalue weighted by Crippen LogP contribution is -2.46. The molecule has 0 spiro atoms. The van der Waals surface area contributed by atoms with Gasteiger partial charge in [-0.2, -0.15) is 0 Å². The summed E-state index contributed by atoms with van der Waals surface area (Å²) < 4.78 is 1.76. The Bertz CT molecular complexity index is 497. The first-order valence-corrected chi connectivity index (χ1v) is 7.54. The number of hydrogen-bond acceptors (Lipinski definition) is 4. The SMILES string of the molecule is CNC(C)C1CCCN(c2nccn(C(C)C)c2=O)C1. The fourth-order valence-electron chi connectivity index (χ4n) is 2.88. The summed E-state index contributed by atoms with van der Waals surface area (Å²) in [7, 11) is 2.00. The Labute approximate surface area is 121 Å². The molecule has 1 aliphatic rings. The predicted octanol–water partition coefficient (Wildman–Crippen LogP) is 1.65. The maximum atomic E-state index is 12.5. The van der Waals surface area contributed by atoms with Crippen LogP contribution in [0.1, 0.15) is 39.7 Å². The van der Waals surface area contributed by atoms with Crippen molar-refractivity contribution in [1.29, 1.82) is 0 Å². The zero-order chi connectivity index (χ0) is 14.7. The number of hydrogen-bond donors (Lipinski definition) is 1. The minimum Gasteiger partial charge on any atom is -0.352 e. The van der Waals surface area contributed by atoms with E-state index in [1.807, 2.05) is 20.9 Å². The van der Waals surface area contributed by atoms with Crippen LogP contribution in [0, 0.1) is 5.92 Å². The van der Waals surface area contributed by atoms with Crippen LogP contribution in [0.15, 0.2) is 17.2 Å². The van der Waals surface area contributed by atoms with Gasteiger partial charge in [-0.3, -0.25) is 4.79 Å². The topological polar surface area (TPSA) is 50.2 Å². The van der Waals surface area contributed by atoms with E-state index < -0.39 is 0 Å². The third kappa shape index (κ3) is 3.03. The van der Waals surface area contributed by atoms with Gasteiger partial charge in [0, 0.05) is 37.6 Å². The van der Waals surface area contributed by atoms with Crippen molar-refractivity contribution in [2.45, 2.75) is 45.7 Å². The Balaban J connectivity index is 2.23. The standard InChI is InChI=1S/C15H26N4O/c1-11(2)19-9-7-17-14(15(19)20)18-8-5-6-13(10-18)12(3)16-4/h7,9,11-13,16H,5-6,8,10H2,1-4H3. The van der Waals surface area contributed by atoms with Crippen LogP contribution in [0.4, 0.5) is 5.82 Å². The average Bonchev–Trinajstić information content (AvgIpc) is 2.46. The molecule has 0 saturated carbocycles. The number of nitrogens with zero attached hydrogens (tertiary/aromatic N) is 3. The van der Waals surface area contributed by atoms with Crippen molar-refractivity contribution in [3.63, 3.8) is 0 Å². The second-order valence-electron chi connectivity index (χ2n) is 5.98. The van der Waals surface area contributed by atoms with Crippen molar-refractivity contribution >= 4 is 5.82 Å². The van der Waals surface area contributed by atoms with Crippen molar-refractivity contribution in [3.8, 4) is 0 Å². The highest BCUT2D eigenvalue weighted by Gasteiger charge is 2.26. The minimum atomic E-state index is 0.0280. The predicted molar refractivity (Wildman–Crippen MR) is 82.3 cm³/mol. The summed E-state index contributed by atoms with van der Waals surface area (Å²) in [6.07, 6.45) is 5.84. The van der Waals surface area contributed by atoms with Crippen molar-refractivity contribution in [2.75, 3.05) is 25.0 Å². The number of piperidine rings is 1. The van der Waals surface area contributed by atoms with E-state index in [1.165, 1.54) is 6.42 Å². The van der Waals surface area contributed by atoms with Crippen LogP contribution >= 0.6 is 0 Å². The molecule has 20 heavy (non-hydrogen) atoms. The van der Waals surface area contributed by atoms with Crippen LogP contribution in [0.5, 0.6) is 0 Å². The molecule has 0 bridgehead atoms. The monoisotopic (exact) mass is 278 g/mol. The molecule has 1 aromatic rings. The summed E-state index contributed by atoms with van der Waals surface area (Å²) in [5, 5.41) is 3.32. The molecule has 2 heterocycles. The fourth-order valence-corrected chi connectivity index (χ4v) is 2.88. The van der Waals surface area contributed by atoms with Crippen molar-refractivity contribution < 1.29 is 0 Å². The van der Waals surface area contributed by atoms with Gasteiger partial charge in [-0.1, -0.05) is 0 Å². The van der Waals surface area contributed by atoms with Crippen LogP contribution in [-0.4, -0.2) is 35.7 Å². The molecule has 0 aliphatic carbocycles. The van der Waals surface area contributed by atoms with E-state index in [4.69, 9.17) is 0 Å². The molecular weight excluding hydrogens is 252 g/mol. The third-order valence-corrected chi connectivity index (χ3v) is 4.33. The van der Waals surface area contributed by atoms with Crippen LogP contribution in [-0.2, 0) is 0 Å². The zero-order valence-corrected chi connectivity index (χ0v) is 13.0. The van der Waals surface area contributed by atoms with Gasteiger partial charge in [-0.05, 0) is 46.6 Å². The summed E-state index contributed by atoms with van der Waals surface area (Å²) in [6, 6.07) is 0.634. The Hall–Kier alpha value is -1.36. The molecule has 1 fully saturated rings. The van der Waals surface area contributed by atoms with Crippen molar-refractivity contribution in [3.05, 3.63) is 22.7 Å². The highest BCUT2D eigenvalue weighted by Crippen LogP contribution is 2.22. The van der Waals surface area contributed by atoms with Crippen LogP contribution in [0.25, 0.3) is 0 Å². The van der Waals surface area contributed by atoms with Gasteiger partial charge in [0.05, 0.1) is 0 Å². The minimum absolute atomic E-state index is 0.0280. The molecule has 5 heteroatoms. The third-order valence-electron chi connectivity index (χ3n) is 4.33. The normalized spacial score (nSPS) is 21.2. The molecule has 0 radical (unpaired) electrons. The molecule has 1 aromatic heterocycles. The summed E-state index contributed by atoms with van der Waals surface area (Å²) in [5.74, 6) is 1.18. The molecule has 1 N–H and O–H groups in total. The van der Waals surface area contributed by atoms with Gasteiger partial charge in [0.15, 0.2) is 5.82 Å². The van der Waals surface area contributed by atoms with E-state index in [-0.39, 0.29) is 11.6 Å². The van der Waals surface area contributed by atoms with Gasteiger partial charge < -0.3 is 14.8 Å². The van der Waals surface area contributed by atoms with Crippen LogP contribution < -0.4 is 15.8 Å². The van der Waals surface area contributed by atoms with Crippen LogP contribution in [0.3, 0.4) is 0 Å². The highest BCUT2D eigenvalue weighted by atomic mass is 16.1. The highest BCUT2D eigenvalue weighted by molar-refractivity contribution is 5.36. The lowest BCUT2D eigenvalue weighted by molar-refractivity contribution is 0.331. The number of nitrogens with one attached hydrogen (secondary N) is 1. The molecule has 5 nitrogen and oxygen atoms in total. The number of aromatic nitrogens is 2. The van der Waals surface area contributed by atoms with Gasteiger partial charge in [-0.25, -0.2) is 4.98 Å². The second-order valence-corrected chi connectivity index (χ2v) is 5.98. The fraction of sp³-hybridized carbons (Fsp3) is 0.733. The molecule has 1 saturated heterocycles. The molecule has 1 aliphatic heterocycles. The molecule has 0 aromatic carbocycles. The molecular formula is C15H26N4O. The maximum absolute atomic E-state index is 12.5. The molecule has 112 valence electrons. The molecule has 2 rings (SSSR count). The maximum Gasteiger partial charge on any atom is 0.293 e. The lowest BCUT2D eigenvalue weighted by Gasteiger charge is -2.36.